The van der Waals surface area contributed by atoms with Crippen molar-refractivity contribution in [2.75, 3.05) is 18.4 Å². The van der Waals surface area contributed by atoms with Gasteiger partial charge in [0.1, 0.15) is 12.1 Å². The Morgan fingerprint density at radius 3 is 2.61 bits per heavy atom. The molecule has 0 aliphatic carbocycles. The summed E-state index contributed by atoms with van der Waals surface area (Å²) in [6.45, 7) is 9.48. The third kappa shape index (κ3) is 2.78. The predicted octanol–water partition coefficient (Wildman–Crippen LogP) is 1.42. The summed E-state index contributed by atoms with van der Waals surface area (Å²) in [6.07, 6.45) is 1.59. The zero-order valence-corrected chi connectivity index (χ0v) is 11.4. The molecule has 98 valence electrons. The second kappa shape index (κ2) is 4.55. The Balaban J connectivity index is 1.97. The first kappa shape index (κ1) is 12.8. The number of anilines is 1. The number of carbonyl (C=O) groups excluding carboxylic acids is 1. The Labute approximate surface area is 108 Å². The first-order chi connectivity index (χ1) is 8.36. The molecule has 1 saturated heterocycles. The minimum atomic E-state index is 0.0183. The molecule has 0 bridgehead atoms. The highest BCUT2D eigenvalue weighted by Crippen LogP contribution is 2.22. The molecule has 1 aromatic heterocycles. The first-order valence-electron chi connectivity index (χ1n) is 6.21. The van der Waals surface area contributed by atoms with Crippen LogP contribution in [-0.2, 0) is 10.2 Å². The van der Waals surface area contributed by atoms with E-state index in [1.165, 1.54) is 0 Å². The van der Waals surface area contributed by atoms with Gasteiger partial charge in [-0.3, -0.25) is 4.79 Å². The van der Waals surface area contributed by atoms with Gasteiger partial charge < -0.3 is 10.2 Å². The molecule has 1 N–H and O–H groups in total. The van der Waals surface area contributed by atoms with Gasteiger partial charge in [0.05, 0.1) is 11.7 Å². The van der Waals surface area contributed by atoms with Crippen molar-refractivity contribution in [2.24, 2.45) is 0 Å². The fourth-order valence-electron chi connectivity index (χ4n) is 1.88. The molecular formula is C13H20N4O. The zero-order valence-electron chi connectivity index (χ0n) is 11.4. The average molecular weight is 248 g/mol. The van der Waals surface area contributed by atoms with E-state index in [-0.39, 0.29) is 11.3 Å². The molecule has 0 unspecified atom stereocenters. The van der Waals surface area contributed by atoms with Crippen LogP contribution < -0.4 is 5.32 Å². The highest BCUT2D eigenvalue weighted by molar-refractivity contribution is 5.74. The van der Waals surface area contributed by atoms with Gasteiger partial charge in [-0.2, -0.15) is 0 Å². The van der Waals surface area contributed by atoms with Gasteiger partial charge in [0.15, 0.2) is 0 Å². The van der Waals surface area contributed by atoms with Crippen LogP contribution in [0.3, 0.4) is 0 Å². The Hall–Kier alpha value is -1.65. The van der Waals surface area contributed by atoms with Crippen LogP contribution in [0.5, 0.6) is 0 Å². The Morgan fingerprint density at radius 2 is 2.06 bits per heavy atom. The van der Waals surface area contributed by atoms with Crippen molar-refractivity contribution in [3.8, 4) is 0 Å². The highest BCUT2D eigenvalue weighted by atomic mass is 16.2. The average Bonchev–Trinajstić information content (AvgIpc) is 2.21. The standard InChI is InChI=1S/C13H20N4O/c1-9(18)17-6-10(7-17)16-12-5-11(13(2,3)4)14-8-15-12/h5,8,10H,6-7H2,1-4H3,(H,14,15,16). The van der Waals surface area contributed by atoms with E-state index in [9.17, 15) is 4.79 Å². The number of amides is 1. The van der Waals surface area contributed by atoms with Gasteiger partial charge in [0, 0.05) is 31.5 Å². The number of nitrogens with one attached hydrogen (secondary N) is 1. The molecule has 1 aromatic rings. The third-order valence-corrected chi connectivity index (χ3v) is 3.11. The topological polar surface area (TPSA) is 58.1 Å². The normalized spacial score (nSPS) is 16.3. The maximum atomic E-state index is 11.1. The molecule has 0 radical (unpaired) electrons. The van der Waals surface area contributed by atoms with Gasteiger partial charge in [-0.25, -0.2) is 9.97 Å². The second-order valence-corrected chi connectivity index (χ2v) is 5.80. The number of hydrogen-bond acceptors (Lipinski definition) is 4. The number of likely N-dealkylation sites (tertiary alicyclic amines) is 1. The largest absolute Gasteiger partial charge is 0.364 e. The molecule has 5 heteroatoms. The molecule has 2 heterocycles. The molecule has 2 rings (SSSR count). The van der Waals surface area contributed by atoms with Crippen molar-refractivity contribution in [3.05, 3.63) is 18.1 Å². The molecule has 0 atom stereocenters. The van der Waals surface area contributed by atoms with E-state index in [0.29, 0.717) is 6.04 Å². The maximum Gasteiger partial charge on any atom is 0.219 e. The Morgan fingerprint density at radius 1 is 1.39 bits per heavy atom. The van der Waals surface area contributed by atoms with Crippen molar-refractivity contribution < 1.29 is 4.79 Å². The second-order valence-electron chi connectivity index (χ2n) is 5.80. The lowest BCUT2D eigenvalue weighted by Gasteiger charge is -2.39. The molecule has 0 spiro atoms. The highest BCUT2D eigenvalue weighted by Gasteiger charge is 2.28. The summed E-state index contributed by atoms with van der Waals surface area (Å²) in [7, 11) is 0. The summed E-state index contributed by atoms with van der Waals surface area (Å²) in [5.41, 5.74) is 1.03. The molecule has 0 saturated carbocycles. The Bertz CT molecular complexity index is 447. The van der Waals surface area contributed by atoms with Gasteiger partial charge in [0.25, 0.3) is 0 Å². The van der Waals surface area contributed by atoms with E-state index in [0.717, 1.165) is 24.6 Å². The van der Waals surface area contributed by atoms with Gasteiger partial charge in [-0.1, -0.05) is 20.8 Å². The smallest absolute Gasteiger partial charge is 0.219 e. The van der Waals surface area contributed by atoms with Gasteiger partial charge in [0.2, 0.25) is 5.91 Å². The van der Waals surface area contributed by atoms with E-state index >= 15 is 0 Å². The monoisotopic (exact) mass is 248 g/mol. The van der Waals surface area contributed by atoms with Crippen LogP contribution in [0.1, 0.15) is 33.4 Å². The van der Waals surface area contributed by atoms with Crippen molar-refractivity contribution in [3.63, 3.8) is 0 Å². The molecule has 1 amide bonds. The lowest BCUT2D eigenvalue weighted by Crippen LogP contribution is -2.56. The number of carbonyl (C=O) groups is 1. The van der Waals surface area contributed by atoms with Crippen LogP contribution in [0.15, 0.2) is 12.4 Å². The molecule has 0 aromatic carbocycles. The van der Waals surface area contributed by atoms with Crippen molar-refractivity contribution in [2.45, 2.75) is 39.2 Å². The fourth-order valence-corrected chi connectivity index (χ4v) is 1.88. The van der Waals surface area contributed by atoms with Crippen LogP contribution in [0, 0.1) is 0 Å². The molecule has 1 fully saturated rings. The number of nitrogens with zero attached hydrogens (tertiary/aromatic N) is 3. The van der Waals surface area contributed by atoms with Crippen molar-refractivity contribution >= 4 is 11.7 Å². The first-order valence-corrected chi connectivity index (χ1v) is 6.21. The number of aromatic nitrogens is 2. The lowest BCUT2D eigenvalue weighted by atomic mass is 9.92. The molecule has 5 nitrogen and oxygen atoms in total. The summed E-state index contributed by atoms with van der Waals surface area (Å²) in [6, 6.07) is 2.28. The van der Waals surface area contributed by atoms with E-state index in [1.54, 1.807) is 13.3 Å². The summed E-state index contributed by atoms with van der Waals surface area (Å²) in [5.74, 6) is 0.967. The predicted molar refractivity (Wildman–Crippen MR) is 70.4 cm³/mol. The minimum Gasteiger partial charge on any atom is -0.364 e. The van der Waals surface area contributed by atoms with E-state index in [4.69, 9.17) is 0 Å². The van der Waals surface area contributed by atoms with Crippen molar-refractivity contribution in [1.29, 1.82) is 0 Å². The lowest BCUT2D eigenvalue weighted by molar-refractivity contribution is -0.132. The summed E-state index contributed by atoms with van der Waals surface area (Å²) < 4.78 is 0. The summed E-state index contributed by atoms with van der Waals surface area (Å²) >= 11 is 0. The molecular weight excluding hydrogens is 228 g/mol. The SMILES string of the molecule is CC(=O)N1CC(Nc2cc(C(C)(C)C)ncn2)C1. The van der Waals surface area contributed by atoms with E-state index in [2.05, 4.69) is 36.1 Å². The quantitative estimate of drug-likeness (QED) is 0.860. The molecule has 18 heavy (non-hydrogen) atoms. The van der Waals surface area contributed by atoms with Crippen molar-refractivity contribution in [1.82, 2.24) is 14.9 Å². The van der Waals surface area contributed by atoms with Crippen LogP contribution in [0.2, 0.25) is 0 Å². The Kier molecular flexibility index (Phi) is 3.24. The third-order valence-electron chi connectivity index (χ3n) is 3.11. The van der Waals surface area contributed by atoms with E-state index in [1.807, 2.05) is 11.0 Å². The summed E-state index contributed by atoms with van der Waals surface area (Å²) in [4.78, 5) is 21.4. The maximum absolute atomic E-state index is 11.1. The number of hydrogen-bond donors (Lipinski definition) is 1. The van der Waals surface area contributed by atoms with Gasteiger partial charge in [-0.05, 0) is 0 Å². The zero-order chi connectivity index (χ0) is 13.3. The molecule has 1 aliphatic rings. The van der Waals surface area contributed by atoms with Crippen LogP contribution in [-0.4, -0.2) is 39.9 Å². The number of rotatable bonds is 2. The summed E-state index contributed by atoms with van der Waals surface area (Å²) in [5, 5.41) is 3.33. The minimum absolute atomic E-state index is 0.0183. The van der Waals surface area contributed by atoms with Crippen LogP contribution in [0.25, 0.3) is 0 Å². The van der Waals surface area contributed by atoms with Gasteiger partial charge >= 0.3 is 0 Å². The molecule has 1 aliphatic heterocycles. The van der Waals surface area contributed by atoms with Gasteiger partial charge in [-0.15, -0.1) is 0 Å². The van der Waals surface area contributed by atoms with E-state index < -0.39 is 0 Å². The fraction of sp³-hybridized carbons (Fsp3) is 0.615. The van der Waals surface area contributed by atoms with Crippen LogP contribution >= 0.6 is 0 Å². The van der Waals surface area contributed by atoms with Crippen LogP contribution in [0.4, 0.5) is 5.82 Å².